The summed E-state index contributed by atoms with van der Waals surface area (Å²) in [4.78, 5) is 31.7. The summed E-state index contributed by atoms with van der Waals surface area (Å²) >= 11 is 0. The van der Waals surface area contributed by atoms with Gasteiger partial charge in [-0.1, -0.05) is 0 Å². The van der Waals surface area contributed by atoms with Crippen molar-refractivity contribution < 1.29 is 19.1 Å². The number of fused-ring (bicyclic) bond motifs is 1. The van der Waals surface area contributed by atoms with E-state index in [-0.39, 0.29) is 5.69 Å². The van der Waals surface area contributed by atoms with Crippen molar-refractivity contribution in [3.63, 3.8) is 0 Å². The molecular weight excluding hydrogens is 362 g/mol. The number of nitrogens with two attached hydrogens (primary N) is 1. The third-order valence-electron chi connectivity index (χ3n) is 4.29. The van der Waals surface area contributed by atoms with Crippen LogP contribution >= 0.6 is 0 Å². The lowest BCUT2D eigenvalue weighted by Crippen LogP contribution is -2.36. The zero-order valence-electron chi connectivity index (χ0n) is 16.5. The van der Waals surface area contributed by atoms with Crippen molar-refractivity contribution in [2.24, 2.45) is 10.7 Å². The molecule has 9 nitrogen and oxygen atoms in total. The van der Waals surface area contributed by atoms with Crippen LogP contribution in [0.4, 0.5) is 0 Å². The van der Waals surface area contributed by atoms with E-state index in [1.54, 1.807) is 7.05 Å². The van der Waals surface area contributed by atoms with E-state index >= 15 is 0 Å². The predicted octanol–water partition coefficient (Wildman–Crippen LogP) is 0.0617. The number of hydrogen-bond donors (Lipinski definition) is 2. The lowest BCUT2D eigenvalue weighted by Gasteiger charge is -2.16. The summed E-state index contributed by atoms with van der Waals surface area (Å²) in [6, 6.07) is 3.93. The standard InChI is InChI=1S/C19H27N5O4/c1-13-10-15-16(11-14(13)2)24(5-7-28-9-8-27-6-4-20)18(21-3)17(23-15)19(26)22-12-25/h10-12H,4-9,20H2,1-3H3,(H,22,25,26). The topological polar surface area (TPSA) is 121 Å². The highest BCUT2D eigenvalue weighted by Gasteiger charge is 2.16. The number of aryl methyl sites for hydroxylation is 2. The normalized spacial score (nSPS) is 11.8. The summed E-state index contributed by atoms with van der Waals surface area (Å²) in [6.45, 7) is 6.75. The van der Waals surface area contributed by atoms with Gasteiger partial charge in [0.25, 0.3) is 5.91 Å². The van der Waals surface area contributed by atoms with Gasteiger partial charge in [0.15, 0.2) is 11.2 Å². The molecule has 2 amide bonds. The van der Waals surface area contributed by atoms with Gasteiger partial charge in [-0.25, -0.2) is 4.98 Å². The molecular formula is C19H27N5O4. The van der Waals surface area contributed by atoms with E-state index in [4.69, 9.17) is 15.2 Å². The Morgan fingerprint density at radius 3 is 2.54 bits per heavy atom. The summed E-state index contributed by atoms with van der Waals surface area (Å²) in [5, 5.41) is 2.14. The Balaban J connectivity index is 2.38. The monoisotopic (exact) mass is 389 g/mol. The number of amides is 2. The lowest BCUT2D eigenvalue weighted by molar-refractivity contribution is -0.108. The minimum Gasteiger partial charge on any atom is -0.378 e. The molecule has 28 heavy (non-hydrogen) atoms. The number of benzene rings is 1. The van der Waals surface area contributed by atoms with Gasteiger partial charge in [-0.15, -0.1) is 0 Å². The van der Waals surface area contributed by atoms with Crippen molar-refractivity contribution in [1.29, 1.82) is 0 Å². The van der Waals surface area contributed by atoms with Gasteiger partial charge >= 0.3 is 0 Å². The molecule has 9 heteroatoms. The Morgan fingerprint density at radius 2 is 1.89 bits per heavy atom. The Hall–Kier alpha value is -2.62. The fourth-order valence-corrected chi connectivity index (χ4v) is 2.79. The fourth-order valence-electron chi connectivity index (χ4n) is 2.79. The van der Waals surface area contributed by atoms with Crippen LogP contribution in [0.15, 0.2) is 17.1 Å². The van der Waals surface area contributed by atoms with E-state index in [0.29, 0.717) is 56.9 Å². The number of imide groups is 1. The van der Waals surface area contributed by atoms with Crippen LogP contribution in [-0.4, -0.2) is 61.9 Å². The number of nitrogens with one attached hydrogen (secondary N) is 1. The zero-order chi connectivity index (χ0) is 20.5. The Labute approximate surface area is 163 Å². The molecule has 1 aromatic carbocycles. The van der Waals surface area contributed by atoms with Gasteiger partial charge in [0.1, 0.15) is 0 Å². The first-order chi connectivity index (χ1) is 13.5. The van der Waals surface area contributed by atoms with E-state index in [9.17, 15) is 9.59 Å². The zero-order valence-corrected chi connectivity index (χ0v) is 16.5. The highest BCUT2D eigenvalue weighted by Crippen LogP contribution is 2.17. The first-order valence-electron chi connectivity index (χ1n) is 9.08. The molecule has 0 saturated heterocycles. The molecule has 0 aliphatic heterocycles. The molecule has 3 N–H and O–H groups in total. The van der Waals surface area contributed by atoms with Crippen LogP contribution in [0.5, 0.6) is 0 Å². The SMILES string of the molecule is CN=c1c(C(=O)NC=O)nc2cc(C)c(C)cc2n1CCOCCOCCN. The number of aromatic nitrogens is 2. The van der Waals surface area contributed by atoms with Gasteiger partial charge in [-0.05, 0) is 37.1 Å². The quantitative estimate of drug-likeness (QED) is 0.438. The van der Waals surface area contributed by atoms with Crippen LogP contribution in [0.2, 0.25) is 0 Å². The fraction of sp³-hybridized carbons (Fsp3) is 0.474. The lowest BCUT2D eigenvalue weighted by atomic mass is 10.1. The van der Waals surface area contributed by atoms with Crippen molar-refractivity contribution in [3.8, 4) is 0 Å². The number of nitrogens with zero attached hydrogens (tertiary/aromatic N) is 3. The van der Waals surface area contributed by atoms with Gasteiger partial charge in [0.05, 0.1) is 37.5 Å². The van der Waals surface area contributed by atoms with Crippen molar-refractivity contribution >= 4 is 23.4 Å². The maximum atomic E-state index is 12.3. The smallest absolute Gasteiger partial charge is 0.280 e. The van der Waals surface area contributed by atoms with Crippen molar-refractivity contribution in [2.45, 2.75) is 20.4 Å². The van der Waals surface area contributed by atoms with Crippen LogP contribution in [0.1, 0.15) is 21.6 Å². The van der Waals surface area contributed by atoms with Crippen LogP contribution in [-0.2, 0) is 20.8 Å². The van der Waals surface area contributed by atoms with E-state index in [1.807, 2.05) is 30.5 Å². The molecule has 0 saturated carbocycles. The summed E-state index contributed by atoms with van der Waals surface area (Å²) in [6.07, 6.45) is 0.336. The summed E-state index contributed by atoms with van der Waals surface area (Å²) in [7, 11) is 1.58. The van der Waals surface area contributed by atoms with Crippen molar-refractivity contribution in [2.75, 3.05) is 40.0 Å². The average molecular weight is 389 g/mol. The van der Waals surface area contributed by atoms with Crippen LogP contribution in [0.25, 0.3) is 11.0 Å². The highest BCUT2D eigenvalue weighted by atomic mass is 16.5. The first kappa shape index (κ1) is 21.7. The van der Waals surface area contributed by atoms with Crippen molar-refractivity contribution in [1.82, 2.24) is 14.9 Å². The van der Waals surface area contributed by atoms with Gasteiger partial charge in [0.2, 0.25) is 6.41 Å². The summed E-state index contributed by atoms with van der Waals surface area (Å²) in [5.74, 6) is -0.597. The molecule has 0 aliphatic rings. The largest absolute Gasteiger partial charge is 0.378 e. The maximum absolute atomic E-state index is 12.3. The molecule has 0 bridgehead atoms. The number of hydrogen-bond acceptors (Lipinski definition) is 7. The molecule has 0 unspecified atom stereocenters. The molecule has 0 radical (unpaired) electrons. The van der Waals surface area contributed by atoms with Crippen LogP contribution in [0.3, 0.4) is 0 Å². The first-order valence-corrected chi connectivity index (χ1v) is 9.08. The Morgan fingerprint density at radius 1 is 1.21 bits per heavy atom. The summed E-state index contributed by atoms with van der Waals surface area (Å²) in [5.41, 5.74) is 9.51. The van der Waals surface area contributed by atoms with Gasteiger partial charge < -0.3 is 19.8 Å². The molecule has 0 fully saturated rings. The van der Waals surface area contributed by atoms with Crippen LogP contribution < -0.4 is 16.5 Å². The second-order valence-electron chi connectivity index (χ2n) is 6.19. The van der Waals surface area contributed by atoms with Crippen LogP contribution in [0, 0.1) is 13.8 Å². The number of carbonyl (C=O) groups excluding carboxylic acids is 2. The van der Waals surface area contributed by atoms with E-state index in [1.165, 1.54) is 0 Å². The van der Waals surface area contributed by atoms with Gasteiger partial charge in [-0.3, -0.25) is 19.9 Å². The molecule has 2 aromatic rings. The Kier molecular flexibility index (Phi) is 8.24. The molecule has 0 atom stereocenters. The minimum absolute atomic E-state index is 0.0941. The number of ether oxygens (including phenoxy) is 2. The average Bonchev–Trinajstić information content (AvgIpc) is 2.68. The van der Waals surface area contributed by atoms with Gasteiger partial charge in [0, 0.05) is 20.1 Å². The maximum Gasteiger partial charge on any atom is 0.280 e. The molecule has 1 aromatic heterocycles. The number of rotatable bonds is 10. The van der Waals surface area contributed by atoms with E-state index in [2.05, 4.69) is 15.3 Å². The highest BCUT2D eigenvalue weighted by molar-refractivity contribution is 5.99. The second-order valence-corrected chi connectivity index (χ2v) is 6.19. The molecule has 2 rings (SSSR count). The molecule has 0 aliphatic carbocycles. The van der Waals surface area contributed by atoms with Gasteiger partial charge in [-0.2, -0.15) is 0 Å². The second kappa shape index (κ2) is 10.6. The number of carbonyl (C=O) groups is 2. The molecule has 152 valence electrons. The predicted molar refractivity (Wildman–Crippen MR) is 105 cm³/mol. The minimum atomic E-state index is -0.597. The van der Waals surface area contributed by atoms with E-state index < -0.39 is 5.91 Å². The molecule has 1 heterocycles. The third kappa shape index (κ3) is 5.22. The summed E-state index contributed by atoms with van der Waals surface area (Å²) < 4.78 is 12.8. The van der Waals surface area contributed by atoms with Crippen molar-refractivity contribution in [3.05, 3.63) is 34.4 Å². The third-order valence-corrected chi connectivity index (χ3v) is 4.29. The Bertz CT molecular complexity index is 907. The van der Waals surface area contributed by atoms with E-state index in [0.717, 1.165) is 16.6 Å². The molecule has 0 spiro atoms.